The maximum absolute atomic E-state index is 8.82. The average Bonchev–Trinajstić information content (AvgIpc) is 1.64. The summed E-state index contributed by atoms with van der Waals surface area (Å²) in [5.41, 5.74) is 5.44. The van der Waals surface area contributed by atoms with E-state index in [4.69, 9.17) is 10.8 Å². The minimum atomic E-state index is -0.454. The number of hydrogen-bond acceptors (Lipinski definition) is 3. The highest BCUT2D eigenvalue weighted by atomic mass is 16.3. The highest BCUT2D eigenvalue weighted by Gasteiger charge is 2.09. The highest BCUT2D eigenvalue weighted by Crippen LogP contribution is 1.89. The Bertz CT molecular complexity index is 55.4. The van der Waals surface area contributed by atoms with Crippen molar-refractivity contribution in [3.8, 4) is 0 Å². The van der Waals surface area contributed by atoms with E-state index < -0.39 is 6.10 Å². The molecule has 3 heteroatoms. The molecule has 0 fully saturated rings. The van der Waals surface area contributed by atoms with Crippen molar-refractivity contribution in [2.24, 2.45) is 5.73 Å². The van der Waals surface area contributed by atoms with Gasteiger partial charge in [0.1, 0.15) is 0 Å². The second-order valence-corrected chi connectivity index (χ2v) is 2.19. The molecule has 0 aliphatic heterocycles. The van der Waals surface area contributed by atoms with Gasteiger partial charge >= 0.3 is 0 Å². The maximum Gasteiger partial charge on any atom is 0.0831 e. The Kier molecular flexibility index (Phi) is 2.97. The first kappa shape index (κ1) is 7.88. The predicted molar refractivity (Wildman–Crippen MR) is 33.3 cm³/mol. The van der Waals surface area contributed by atoms with Crippen LogP contribution >= 0.6 is 0 Å². The molecule has 0 saturated carbocycles. The van der Waals surface area contributed by atoms with Gasteiger partial charge in [0.05, 0.1) is 12.3 Å². The van der Waals surface area contributed by atoms with Crippen molar-refractivity contribution in [1.29, 1.82) is 0 Å². The third kappa shape index (κ3) is 2.26. The van der Waals surface area contributed by atoms with Gasteiger partial charge in [0, 0.05) is 0 Å². The van der Waals surface area contributed by atoms with Gasteiger partial charge in [-0.25, -0.2) is 0 Å². The van der Waals surface area contributed by atoms with Crippen LogP contribution in [0.2, 0.25) is 0 Å². The van der Waals surface area contributed by atoms with Gasteiger partial charge in [-0.05, 0) is 21.0 Å². The first-order chi connectivity index (χ1) is 3.55. The van der Waals surface area contributed by atoms with E-state index in [0.29, 0.717) is 0 Å². The molecule has 2 atom stereocenters. The summed E-state index contributed by atoms with van der Waals surface area (Å²) in [4.78, 5) is 1.77. The van der Waals surface area contributed by atoms with E-state index in [1.165, 1.54) is 0 Å². The van der Waals surface area contributed by atoms with Crippen LogP contribution in [0.5, 0.6) is 0 Å². The minimum Gasteiger partial charge on any atom is -0.390 e. The summed E-state index contributed by atoms with van der Waals surface area (Å²) >= 11 is 0. The van der Waals surface area contributed by atoms with Gasteiger partial charge < -0.3 is 10.8 Å². The van der Waals surface area contributed by atoms with Crippen LogP contribution in [-0.2, 0) is 0 Å². The maximum atomic E-state index is 8.82. The van der Waals surface area contributed by atoms with E-state index >= 15 is 0 Å². The molecule has 0 aliphatic rings. The molecule has 0 heterocycles. The fourth-order valence-electron chi connectivity index (χ4n) is 0.431. The lowest BCUT2D eigenvalue weighted by Crippen LogP contribution is -2.44. The van der Waals surface area contributed by atoms with E-state index in [2.05, 4.69) is 0 Å². The Labute approximate surface area is 50.1 Å². The van der Waals surface area contributed by atoms with Crippen LogP contribution in [0, 0.1) is 0 Å². The summed E-state index contributed by atoms with van der Waals surface area (Å²) in [6.07, 6.45) is -0.694. The van der Waals surface area contributed by atoms with Crippen molar-refractivity contribution in [2.75, 3.05) is 14.1 Å². The van der Waals surface area contributed by atoms with Crippen molar-refractivity contribution in [1.82, 2.24) is 4.90 Å². The summed E-state index contributed by atoms with van der Waals surface area (Å²) < 4.78 is 0. The molecule has 8 heavy (non-hydrogen) atoms. The van der Waals surface area contributed by atoms with E-state index in [1.54, 1.807) is 11.8 Å². The highest BCUT2D eigenvalue weighted by molar-refractivity contribution is 4.62. The largest absolute Gasteiger partial charge is 0.390 e. The molecule has 0 aromatic heterocycles. The summed E-state index contributed by atoms with van der Waals surface area (Å²) in [6, 6.07) is 0. The van der Waals surface area contributed by atoms with Gasteiger partial charge in [0.15, 0.2) is 0 Å². The quantitative estimate of drug-likeness (QED) is 0.467. The molecular weight excluding hydrogens is 104 g/mol. The molecule has 0 aliphatic carbocycles. The smallest absolute Gasteiger partial charge is 0.0831 e. The third-order valence-electron chi connectivity index (χ3n) is 1.09. The predicted octanol–water partition coefficient (Wildman–Crippen LogP) is -0.786. The number of hydrogen-bond donors (Lipinski definition) is 2. The van der Waals surface area contributed by atoms with Gasteiger partial charge in [-0.2, -0.15) is 0 Å². The molecule has 0 radical (unpaired) electrons. The lowest BCUT2D eigenvalue weighted by Gasteiger charge is -2.21. The lowest BCUT2D eigenvalue weighted by atomic mass is 10.3. The van der Waals surface area contributed by atoms with Crippen molar-refractivity contribution >= 4 is 0 Å². The number of aliphatic hydroxyl groups is 1. The SMILES string of the molecule is CC(O)C(N)N(C)C. The number of nitrogens with two attached hydrogens (primary N) is 1. The van der Waals surface area contributed by atoms with Gasteiger partial charge in [-0.1, -0.05) is 0 Å². The molecule has 0 bridgehead atoms. The lowest BCUT2D eigenvalue weighted by molar-refractivity contribution is 0.0941. The number of nitrogens with zero attached hydrogens (tertiary/aromatic N) is 1. The van der Waals surface area contributed by atoms with Crippen LogP contribution in [0.4, 0.5) is 0 Å². The van der Waals surface area contributed by atoms with Gasteiger partial charge in [-0.3, -0.25) is 4.90 Å². The zero-order valence-electron chi connectivity index (χ0n) is 5.63. The van der Waals surface area contributed by atoms with E-state index in [-0.39, 0.29) is 6.17 Å². The Morgan fingerprint density at radius 3 is 1.88 bits per heavy atom. The Morgan fingerprint density at radius 2 is 1.88 bits per heavy atom. The van der Waals surface area contributed by atoms with Crippen LogP contribution in [0.15, 0.2) is 0 Å². The van der Waals surface area contributed by atoms with Crippen molar-refractivity contribution < 1.29 is 5.11 Å². The van der Waals surface area contributed by atoms with Crippen molar-refractivity contribution in [3.05, 3.63) is 0 Å². The van der Waals surface area contributed by atoms with E-state index in [0.717, 1.165) is 0 Å². The monoisotopic (exact) mass is 118 g/mol. The standard InChI is InChI=1S/C5H14N2O/c1-4(8)5(6)7(2)3/h4-5,8H,6H2,1-3H3. The first-order valence-electron chi connectivity index (χ1n) is 2.65. The number of rotatable bonds is 2. The van der Waals surface area contributed by atoms with Gasteiger partial charge in [-0.15, -0.1) is 0 Å². The molecule has 0 spiro atoms. The summed E-state index contributed by atoms with van der Waals surface area (Å²) in [5.74, 6) is 0. The zero-order valence-corrected chi connectivity index (χ0v) is 5.63. The normalized spacial score (nSPS) is 18.8. The van der Waals surface area contributed by atoms with Crippen LogP contribution in [0.3, 0.4) is 0 Å². The Morgan fingerprint density at radius 1 is 1.50 bits per heavy atom. The Hall–Kier alpha value is -0.120. The molecule has 0 amide bonds. The molecular formula is C5H14N2O. The second kappa shape index (κ2) is 3.02. The average molecular weight is 118 g/mol. The summed E-state index contributed by atoms with van der Waals surface area (Å²) in [7, 11) is 3.66. The van der Waals surface area contributed by atoms with Crippen LogP contribution in [0.1, 0.15) is 6.92 Å². The van der Waals surface area contributed by atoms with Crippen LogP contribution in [0.25, 0.3) is 0 Å². The Balaban J connectivity index is 3.46. The third-order valence-corrected chi connectivity index (χ3v) is 1.09. The fourth-order valence-corrected chi connectivity index (χ4v) is 0.431. The second-order valence-electron chi connectivity index (χ2n) is 2.19. The number of aliphatic hydroxyl groups excluding tert-OH is 1. The van der Waals surface area contributed by atoms with Crippen molar-refractivity contribution in [2.45, 2.75) is 19.2 Å². The van der Waals surface area contributed by atoms with Crippen molar-refractivity contribution in [3.63, 3.8) is 0 Å². The number of likely N-dealkylation sites (N-methyl/N-ethyl adjacent to an activating group) is 1. The topological polar surface area (TPSA) is 49.5 Å². The first-order valence-corrected chi connectivity index (χ1v) is 2.65. The fraction of sp³-hybridized carbons (Fsp3) is 1.00. The van der Waals surface area contributed by atoms with Gasteiger partial charge in [0.2, 0.25) is 0 Å². The molecule has 3 N–H and O–H groups in total. The van der Waals surface area contributed by atoms with E-state index in [1.807, 2.05) is 14.1 Å². The van der Waals surface area contributed by atoms with E-state index in [9.17, 15) is 0 Å². The summed E-state index contributed by atoms with van der Waals surface area (Å²) in [5, 5.41) is 8.82. The minimum absolute atomic E-state index is 0.241. The molecule has 0 saturated heterocycles. The molecule has 50 valence electrons. The van der Waals surface area contributed by atoms with Crippen LogP contribution in [-0.4, -0.2) is 36.4 Å². The molecule has 0 aromatic rings. The molecule has 0 aromatic carbocycles. The molecule has 0 rings (SSSR count). The molecule has 2 unspecified atom stereocenters. The summed E-state index contributed by atoms with van der Waals surface area (Å²) in [6.45, 7) is 1.67. The van der Waals surface area contributed by atoms with Crippen LogP contribution < -0.4 is 5.73 Å². The zero-order chi connectivity index (χ0) is 6.73. The van der Waals surface area contributed by atoms with Gasteiger partial charge in [0.25, 0.3) is 0 Å². The molecule has 3 nitrogen and oxygen atoms in total.